The first-order chi connectivity index (χ1) is 8.22. The Morgan fingerprint density at radius 2 is 2.24 bits per heavy atom. The number of thioether (sulfide) groups is 1. The standard InChI is InChI=1S/C15H27NS/c1-4-9-17-10-8-16-15-7-5-6-14(12-15)11-13(2)3/h1,13-16H,5-12H2,2-3H3. The molecule has 17 heavy (non-hydrogen) atoms. The van der Waals surface area contributed by atoms with Crippen molar-refractivity contribution in [3.8, 4) is 12.3 Å². The van der Waals surface area contributed by atoms with Crippen LogP contribution in [0.5, 0.6) is 0 Å². The van der Waals surface area contributed by atoms with Gasteiger partial charge in [0.05, 0.1) is 5.75 Å². The predicted molar refractivity (Wildman–Crippen MR) is 79.4 cm³/mol. The molecule has 0 bridgehead atoms. The Kier molecular flexibility index (Phi) is 7.81. The molecule has 0 heterocycles. The molecule has 1 saturated carbocycles. The molecule has 0 aliphatic heterocycles. The molecule has 1 aliphatic rings. The van der Waals surface area contributed by atoms with Crippen LogP contribution in [-0.2, 0) is 0 Å². The highest BCUT2D eigenvalue weighted by molar-refractivity contribution is 7.99. The summed E-state index contributed by atoms with van der Waals surface area (Å²) in [5.74, 6) is 6.48. The van der Waals surface area contributed by atoms with Crippen molar-refractivity contribution in [1.82, 2.24) is 5.32 Å². The van der Waals surface area contributed by atoms with Gasteiger partial charge in [0.25, 0.3) is 0 Å². The maximum Gasteiger partial charge on any atom is 0.0545 e. The zero-order valence-electron chi connectivity index (χ0n) is 11.4. The summed E-state index contributed by atoms with van der Waals surface area (Å²) in [6.07, 6.45) is 12.2. The summed E-state index contributed by atoms with van der Waals surface area (Å²) >= 11 is 1.85. The van der Waals surface area contributed by atoms with Crippen LogP contribution in [-0.4, -0.2) is 24.1 Å². The van der Waals surface area contributed by atoms with Crippen LogP contribution in [0.1, 0.15) is 46.0 Å². The first-order valence-electron chi connectivity index (χ1n) is 6.97. The Hall–Kier alpha value is -0.130. The van der Waals surface area contributed by atoms with Gasteiger partial charge in [0, 0.05) is 18.3 Å². The normalized spacial score (nSPS) is 24.8. The van der Waals surface area contributed by atoms with E-state index in [1.807, 2.05) is 11.8 Å². The molecule has 1 fully saturated rings. The average molecular weight is 253 g/mol. The second-order valence-electron chi connectivity index (χ2n) is 5.57. The summed E-state index contributed by atoms with van der Waals surface area (Å²) in [6, 6.07) is 0.763. The molecule has 0 spiro atoms. The summed E-state index contributed by atoms with van der Waals surface area (Å²) in [5, 5.41) is 3.69. The van der Waals surface area contributed by atoms with Crippen LogP contribution in [0, 0.1) is 24.2 Å². The van der Waals surface area contributed by atoms with E-state index in [9.17, 15) is 0 Å². The molecule has 2 unspecified atom stereocenters. The van der Waals surface area contributed by atoms with Crippen LogP contribution in [0.15, 0.2) is 0 Å². The van der Waals surface area contributed by atoms with Gasteiger partial charge in [-0.15, -0.1) is 18.2 Å². The van der Waals surface area contributed by atoms with Crippen molar-refractivity contribution in [3.63, 3.8) is 0 Å². The molecule has 0 radical (unpaired) electrons. The van der Waals surface area contributed by atoms with Gasteiger partial charge in [-0.05, 0) is 31.1 Å². The van der Waals surface area contributed by atoms with Crippen LogP contribution >= 0.6 is 11.8 Å². The van der Waals surface area contributed by atoms with Crippen LogP contribution in [0.2, 0.25) is 0 Å². The van der Waals surface area contributed by atoms with E-state index in [1.54, 1.807) is 0 Å². The second kappa shape index (κ2) is 8.89. The number of nitrogens with one attached hydrogen (secondary N) is 1. The molecule has 1 N–H and O–H groups in total. The second-order valence-corrected chi connectivity index (χ2v) is 6.68. The molecule has 0 amide bonds. The van der Waals surface area contributed by atoms with E-state index in [4.69, 9.17) is 6.42 Å². The third-order valence-electron chi connectivity index (χ3n) is 3.45. The maximum atomic E-state index is 5.23. The smallest absolute Gasteiger partial charge is 0.0545 e. The van der Waals surface area contributed by atoms with Crippen molar-refractivity contribution in [3.05, 3.63) is 0 Å². The Bertz CT molecular complexity index is 232. The van der Waals surface area contributed by atoms with Crippen molar-refractivity contribution in [2.24, 2.45) is 11.8 Å². The van der Waals surface area contributed by atoms with Crippen molar-refractivity contribution in [2.75, 3.05) is 18.1 Å². The van der Waals surface area contributed by atoms with Crippen molar-refractivity contribution in [1.29, 1.82) is 0 Å². The topological polar surface area (TPSA) is 12.0 Å². The molecule has 1 aliphatic carbocycles. The quantitative estimate of drug-likeness (QED) is 0.550. The Balaban J connectivity index is 2.10. The van der Waals surface area contributed by atoms with E-state index < -0.39 is 0 Å². The summed E-state index contributed by atoms with van der Waals surface area (Å²) < 4.78 is 0. The van der Waals surface area contributed by atoms with E-state index in [0.29, 0.717) is 0 Å². The van der Waals surface area contributed by atoms with Gasteiger partial charge in [0.1, 0.15) is 0 Å². The maximum absolute atomic E-state index is 5.23. The molecule has 0 aromatic carbocycles. The minimum atomic E-state index is 0.763. The molecular formula is C15H27NS. The highest BCUT2D eigenvalue weighted by Crippen LogP contribution is 2.29. The molecule has 2 heteroatoms. The molecule has 2 atom stereocenters. The average Bonchev–Trinajstić information content (AvgIpc) is 2.28. The van der Waals surface area contributed by atoms with Crippen molar-refractivity contribution >= 4 is 11.8 Å². The highest BCUT2D eigenvalue weighted by atomic mass is 32.2. The van der Waals surface area contributed by atoms with Gasteiger partial charge < -0.3 is 5.32 Å². The fourth-order valence-electron chi connectivity index (χ4n) is 2.82. The van der Waals surface area contributed by atoms with Gasteiger partial charge in [-0.25, -0.2) is 0 Å². The molecule has 98 valence electrons. The minimum Gasteiger partial charge on any atom is -0.313 e. The fraction of sp³-hybridized carbons (Fsp3) is 0.867. The third-order valence-corrected chi connectivity index (χ3v) is 4.32. The van der Waals surface area contributed by atoms with Crippen LogP contribution in [0.25, 0.3) is 0 Å². The van der Waals surface area contributed by atoms with Gasteiger partial charge in [-0.1, -0.05) is 32.6 Å². The van der Waals surface area contributed by atoms with Crippen LogP contribution < -0.4 is 5.32 Å². The van der Waals surface area contributed by atoms with E-state index in [-0.39, 0.29) is 0 Å². The summed E-state index contributed by atoms with van der Waals surface area (Å²) in [5.41, 5.74) is 0. The SMILES string of the molecule is C#CCSCCNC1CCCC(CC(C)C)C1. The monoisotopic (exact) mass is 253 g/mol. The van der Waals surface area contributed by atoms with E-state index >= 15 is 0 Å². The first kappa shape index (κ1) is 14.9. The van der Waals surface area contributed by atoms with E-state index in [0.717, 1.165) is 35.9 Å². The molecule has 1 rings (SSSR count). The highest BCUT2D eigenvalue weighted by Gasteiger charge is 2.21. The van der Waals surface area contributed by atoms with Crippen LogP contribution in [0.4, 0.5) is 0 Å². The van der Waals surface area contributed by atoms with Crippen molar-refractivity contribution in [2.45, 2.75) is 52.0 Å². The summed E-state index contributed by atoms with van der Waals surface area (Å²) in [7, 11) is 0. The first-order valence-corrected chi connectivity index (χ1v) is 8.12. The van der Waals surface area contributed by atoms with Gasteiger partial charge in [0.15, 0.2) is 0 Å². The van der Waals surface area contributed by atoms with E-state index in [1.165, 1.54) is 32.1 Å². The lowest BCUT2D eigenvalue weighted by molar-refractivity contribution is 0.255. The van der Waals surface area contributed by atoms with Crippen molar-refractivity contribution < 1.29 is 0 Å². The molecular weight excluding hydrogens is 226 g/mol. The van der Waals surface area contributed by atoms with Gasteiger partial charge in [-0.3, -0.25) is 0 Å². The number of terminal acetylenes is 1. The summed E-state index contributed by atoms with van der Waals surface area (Å²) in [4.78, 5) is 0. The van der Waals surface area contributed by atoms with Gasteiger partial charge in [-0.2, -0.15) is 0 Å². The lowest BCUT2D eigenvalue weighted by Gasteiger charge is -2.30. The number of rotatable bonds is 7. The minimum absolute atomic E-state index is 0.763. The third kappa shape index (κ3) is 7.01. The largest absolute Gasteiger partial charge is 0.313 e. The lowest BCUT2D eigenvalue weighted by atomic mass is 9.81. The number of hydrogen-bond acceptors (Lipinski definition) is 2. The summed E-state index contributed by atoms with van der Waals surface area (Å²) in [6.45, 7) is 5.80. The van der Waals surface area contributed by atoms with Gasteiger partial charge >= 0.3 is 0 Å². The van der Waals surface area contributed by atoms with E-state index in [2.05, 4.69) is 25.1 Å². The fourth-order valence-corrected chi connectivity index (χ4v) is 3.35. The molecule has 0 aromatic rings. The zero-order valence-corrected chi connectivity index (χ0v) is 12.2. The zero-order chi connectivity index (χ0) is 12.5. The Labute approximate surface area is 112 Å². The predicted octanol–water partition coefficient (Wildman–Crippen LogP) is 3.55. The molecule has 1 nitrogen and oxygen atoms in total. The molecule has 0 aromatic heterocycles. The lowest BCUT2D eigenvalue weighted by Crippen LogP contribution is -2.35. The molecule has 0 saturated heterocycles. The Morgan fingerprint density at radius 1 is 1.41 bits per heavy atom. The Morgan fingerprint density at radius 3 is 2.94 bits per heavy atom. The number of hydrogen-bond donors (Lipinski definition) is 1. The van der Waals surface area contributed by atoms with Gasteiger partial charge in [0.2, 0.25) is 0 Å². The van der Waals surface area contributed by atoms with Crippen LogP contribution in [0.3, 0.4) is 0 Å².